The minimum Gasteiger partial charge on any atom is -0.493 e. The van der Waals surface area contributed by atoms with Crippen LogP contribution in [0.2, 0.25) is 0 Å². The smallest absolute Gasteiger partial charge is 0.161 e. The Bertz CT molecular complexity index is 1120. The van der Waals surface area contributed by atoms with E-state index in [1.165, 1.54) is 12.1 Å². The second-order valence-corrected chi connectivity index (χ2v) is 9.31. The molecule has 1 atom stereocenters. The van der Waals surface area contributed by atoms with Crippen LogP contribution in [-0.4, -0.2) is 71.8 Å². The molecule has 0 bridgehead atoms. The molecule has 1 saturated heterocycles. The Balaban J connectivity index is 1.34. The first kappa shape index (κ1) is 26.9. The van der Waals surface area contributed by atoms with Gasteiger partial charge in [-0.3, -0.25) is 4.90 Å². The maximum Gasteiger partial charge on any atom is 0.161 e. The summed E-state index contributed by atoms with van der Waals surface area (Å²) in [6.07, 6.45) is 5.58. The van der Waals surface area contributed by atoms with E-state index >= 15 is 0 Å². The molecule has 0 aliphatic carbocycles. The van der Waals surface area contributed by atoms with Crippen molar-refractivity contribution in [1.82, 2.24) is 14.5 Å². The predicted molar refractivity (Wildman–Crippen MR) is 138 cm³/mol. The highest BCUT2D eigenvalue weighted by Crippen LogP contribution is 2.29. The lowest BCUT2D eigenvalue weighted by Gasteiger charge is -2.30. The zero-order valence-corrected chi connectivity index (χ0v) is 21.6. The minimum absolute atomic E-state index is 0.0444. The number of imidazole rings is 1. The number of β-amino-alcohol motifs (C(OH)–C–C–N with tert-alkyl or cyclic N) is 1. The summed E-state index contributed by atoms with van der Waals surface area (Å²) in [6.45, 7) is 5.87. The Morgan fingerprint density at radius 3 is 2.76 bits per heavy atom. The SMILES string of the molecule is CCc1nccn1CCCOc1cc(CN2CCOC[C@](O)(COc3ccc(F)cc3)C2)ccc1OC. The first-order valence-electron chi connectivity index (χ1n) is 12.7. The van der Waals surface area contributed by atoms with Gasteiger partial charge < -0.3 is 28.6 Å². The lowest BCUT2D eigenvalue weighted by molar-refractivity contribution is -0.0646. The molecular formula is C28H36FN3O5. The summed E-state index contributed by atoms with van der Waals surface area (Å²) < 4.78 is 38.3. The predicted octanol–water partition coefficient (Wildman–Crippen LogP) is 3.70. The van der Waals surface area contributed by atoms with Gasteiger partial charge in [0.15, 0.2) is 11.5 Å². The van der Waals surface area contributed by atoms with Crippen molar-refractivity contribution in [3.63, 3.8) is 0 Å². The fourth-order valence-electron chi connectivity index (χ4n) is 4.43. The number of ether oxygens (including phenoxy) is 4. The Hall–Kier alpha value is -3.14. The van der Waals surface area contributed by atoms with Gasteiger partial charge in [0.2, 0.25) is 0 Å². The summed E-state index contributed by atoms with van der Waals surface area (Å²) in [5, 5.41) is 11.2. The molecule has 8 nitrogen and oxygen atoms in total. The van der Waals surface area contributed by atoms with E-state index in [0.29, 0.717) is 50.1 Å². The number of benzene rings is 2. The average molecular weight is 514 g/mol. The van der Waals surface area contributed by atoms with Gasteiger partial charge in [-0.2, -0.15) is 0 Å². The zero-order valence-electron chi connectivity index (χ0n) is 21.6. The minimum atomic E-state index is -1.19. The number of aromatic nitrogens is 2. The molecule has 1 aliphatic heterocycles. The highest BCUT2D eigenvalue weighted by atomic mass is 19.1. The lowest BCUT2D eigenvalue weighted by Crippen LogP contribution is -2.48. The number of aliphatic hydroxyl groups is 1. The van der Waals surface area contributed by atoms with E-state index in [1.54, 1.807) is 19.2 Å². The maximum absolute atomic E-state index is 13.2. The highest BCUT2D eigenvalue weighted by Gasteiger charge is 2.33. The van der Waals surface area contributed by atoms with Crippen LogP contribution in [0.25, 0.3) is 0 Å². The molecular weight excluding hydrogens is 477 g/mol. The molecule has 2 heterocycles. The molecule has 2 aromatic carbocycles. The van der Waals surface area contributed by atoms with Crippen LogP contribution < -0.4 is 14.2 Å². The van der Waals surface area contributed by atoms with Crippen LogP contribution in [0.3, 0.4) is 0 Å². The fourth-order valence-corrected chi connectivity index (χ4v) is 4.43. The third-order valence-electron chi connectivity index (χ3n) is 6.31. The van der Waals surface area contributed by atoms with Crippen LogP contribution in [0.15, 0.2) is 54.9 Å². The molecule has 37 heavy (non-hydrogen) atoms. The Labute approximate surface area is 217 Å². The number of nitrogens with zero attached hydrogens (tertiary/aromatic N) is 3. The van der Waals surface area contributed by atoms with Gasteiger partial charge in [0.1, 0.15) is 29.6 Å². The number of aryl methyl sites for hydroxylation is 2. The Morgan fingerprint density at radius 2 is 1.97 bits per heavy atom. The van der Waals surface area contributed by atoms with Gasteiger partial charge in [-0.25, -0.2) is 9.37 Å². The standard InChI is InChI=1S/C28H36FN3O5/c1-3-27-30-11-13-32(27)12-4-15-36-26-17-22(5-10-25(26)34-2)18-31-14-16-35-20-28(33,19-31)21-37-24-8-6-23(29)7-9-24/h5-11,13,17,33H,3-4,12,14-16,18-21H2,1-2H3/t28-/m0/s1. The second-order valence-electron chi connectivity index (χ2n) is 9.31. The number of hydrogen-bond donors (Lipinski definition) is 1. The van der Waals surface area contributed by atoms with Gasteiger partial charge in [0.05, 0.1) is 26.9 Å². The van der Waals surface area contributed by atoms with Gasteiger partial charge in [-0.05, 0) is 48.4 Å². The topological polar surface area (TPSA) is 78.2 Å². The van der Waals surface area contributed by atoms with Crippen molar-refractivity contribution < 1.29 is 28.4 Å². The summed E-state index contributed by atoms with van der Waals surface area (Å²) in [6, 6.07) is 11.7. The summed E-state index contributed by atoms with van der Waals surface area (Å²) in [7, 11) is 1.63. The van der Waals surface area contributed by atoms with Crippen molar-refractivity contribution in [1.29, 1.82) is 0 Å². The van der Waals surface area contributed by atoms with Gasteiger partial charge in [0.25, 0.3) is 0 Å². The molecule has 4 rings (SSSR count). The molecule has 0 spiro atoms. The second kappa shape index (κ2) is 12.9. The van der Waals surface area contributed by atoms with E-state index < -0.39 is 5.60 Å². The molecule has 9 heteroatoms. The molecule has 1 fully saturated rings. The average Bonchev–Trinajstić information content (AvgIpc) is 3.28. The van der Waals surface area contributed by atoms with Gasteiger partial charge in [0, 0.05) is 45.0 Å². The molecule has 0 unspecified atom stereocenters. The summed E-state index contributed by atoms with van der Waals surface area (Å²) in [5.74, 6) is 2.62. The van der Waals surface area contributed by atoms with Crippen molar-refractivity contribution in [3.8, 4) is 17.2 Å². The first-order chi connectivity index (χ1) is 18.0. The molecule has 1 N–H and O–H groups in total. The van der Waals surface area contributed by atoms with Gasteiger partial charge >= 0.3 is 0 Å². The normalized spacial score (nSPS) is 18.4. The molecule has 1 aliphatic rings. The quantitative estimate of drug-likeness (QED) is 0.370. The zero-order chi connectivity index (χ0) is 26.1. The van der Waals surface area contributed by atoms with E-state index in [4.69, 9.17) is 18.9 Å². The van der Waals surface area contributed by atoms with Crippen LogP contribution in [-0.2, 0) is 24.2 Å². The van der Waals surface area contributed by atoms with Crippen molar-refractivity contribution >= 4 is 0 Å². The summed E-state index contributed by atoms with van der Waals surface area (Å²) in [4.78, 5) is 6.50. The number of hydrogen-bond acceptors (Lipinski definition) is 7. The van der Waals surface area contributed by atoms with Crippen LogP contribution in [0.5, 0.6) is 17.2 Å². The number of halogens is 1. The maximum atomic E-state index is 13.2. The molecule has 0 radical (unpaired) electrons. The molecule has 0 amide bonds. The fraction of sp³-hybridized carbons (Fsp3) is 0.464. The monoisotopic (exact) mass is 513 g/mol. The third-order valence-corrected chi connectivity index (χ3v) is 6.31. The third kappa shape index (κ3) is 7.67. The van der Waals surface area contributed by atoms with E-state index in [2.05, 4.69) is 21.4 Å². The Kier molecular flexibility index (Phi) is 9.38. The Morgan fingerprint density at radius 1 is 1.14 bits per heavy atom. The van der Waals surface area contributed by atoms with Gasteiger partial charge in [-0.1, -0.05) is 13.0 Å². The van der Waals surface area contributed by atoms with Crippen molar-refractivity contribution in [2.45, 2.75) is 38.5 Å². The molecule has 3 aromatic rings. The van der Waals surface area contributed by atoms with Crippen LogP contribution in [0, 0.1) is 5.82 Å². The molecule has 1 aromatic heterocycles. The number of methoxy groups -OCH3 is 1. The van der Waals surface area contributed by atoms with Crippen LogP contribution in [0.1, 0.15) is 24.7 Å². The first-order valence-corrected chi connectivity index (χ1v) is 12.7. The van der Waals surface area contributed by atoms with Crippen molar-refractivity contribution in [3.05, 3.63) is 72.1 Å². The van der Waals surface area contributed by atoms with E-state index in [1.807, 2.05) is 30.6 Å². The number of rotatable bonds is 12. The largest absolute Gasteiger partial charge is 0.493 e. The summed E-state index contributed by atoms with van der Waals surface area (Å²) >= 11 is 0. The summed E-state index contributed by atoms with van der Waals surface area (Å²) in [5.41, 5.74) is -0.149. The van der Waals surface area contributed by atoms with E-state index in [-0.39, 0.29) is 19.0 Å². The highest BCUT2D eigenvalue weighted by molar-refractivity contribution is 5.43. The van der Waals surface area contributed by atoms with Crippen molar-refractivity contribution in [2.75, 3.05) is 46.6 Å². The molecule has 200 valence electrons. The van der Waals surface area contributed by atoms with E-state index in [9.17, 15) is 9.50 Å². The molecule has 0 saturated carbocycles. The van der Waals surface area contributed by atoms with Crippen LogP contribution >= 0.6 is 0 Å². The van der Waals surface area contributed by atoms with E-state index in [0.717, 1.165) is 30.8 Å². The van der Waals surface area contributed by atoms with Crippen molar-refractivity contribution in [2.24, 2.45) is 0 Å². The lowest BCUT2D eigenvalue weighted by atomic mass is 10.1. The van der Waals surface area contributed by atoms with Crippen LogP contribution in [0.4, 0.5) is 4.39 Å². The van der Waals surface area contributed by atoms with Gasteiger partial charge in [-0.15, -0.1) is 0 Å².